The third-order valence-corrected chi connectivity index (χ3v) is 5.75. The van der Waals surface area contributed by atoms with E-state index in [1.54, 1.807) is 0 Å². The van der Waals surface area contributed by atoms with Gasteiger partial charge in [0.15, 0.2) is 0 Å². The number of hydrogen-bond donors (Lipinski definition) is 2. The largest absolute Gasteiger partial charge is 0.369 e. The molecule has 2 amide bonds. The molecule has 3 rings (SSSR count). The summed E-state index contributed by atoms with van der Waals surface area (Å²) < 4.78 is 13.8. The minimum atomic E-state index is -0.481. The van der Waals surface area contributed by atoms with E-state index in [0.717, 1.165) is 38.8 Å². The highest BCUT2D eigenvalue weighted by Crippen LogP contribution is 2.17. The molecule has 8 heteroatoms. The third kappa shape index (κ3) is 6.53. The van der Waals surface area contributed by atoms with Crippen LogP contribution in [0.1, 0.15) is 16.8 Å². The molecule has 2 aromatic rings. The number of carbonyl (C=O) groups is 2. The molecule has 0 atom stereocenters. The molecule has 0 aliphatic carbocycles. The Morgan fingerprint density at radius 1 is 0.967 bits per heavy atom. The summed E-state index contributed by atoms with van der Waals surface area (Å²) in [6.45, 7) is 5.44. The van der Waals surface area contributed by atoms with E-state index in [2.05, 4.69) is 60.6 Å². The van der Waals surface area contributed by atoms with Crippen LogP contribution in [-0.4, -0.2) is 62.5 Å². The molecule has 2 aromatic carbocycles. The number of rotatable bonds is 8. The molecule has 1 aliphatic rings. The lowest BCUT2D eigenvalue weighted by Crippen LogP contribution is -2.48. The molecule has 0 unspecified atom stereocenters. The highest BCUT2D eigenvalue weighted by molar-refractivity contribution is 9.10. The summed E-state index contributed by atoms with van der Waals surface area (Å²) in [5.74, 6) is -1.01. The summed E-state index contributed by atoms with van der Waals surface area (Å²) in [7, 11) is 0. The number of nitrogens with one attached hydrogen (secondary N) is 2. The Balaban J connectivity index is 1.29. The molecule has 1 heterocycles. The van der Waals surface area contributed by atoms with Gasteiger partial charge in [-0.15, -0.1) is 0 Å². The molecule has 0 saturated carbocycles. The molecule has 2 N–H and O–H groups in total. The maximum absolute atomic E-state index is 13.3. The smallest absolute Gasteiger partial charge is 0.252 e. The predicted molar refractivity (Wildman–Crippen MR) is 119 cm³/mol. The first kappa shape index (κ1) is 22.2. The Labute approximate surface area is 184 Å². The molecule has 30 heavy (non-hydrogen) atoms. The van der Waals surface area contributed by atoms with Crippen molar-refractivity contribution in [1.82, 2.24) is 15.5 Å². The van der Waals surface area contributed by atoms with Crippen LogP contribution in [-0.2, 0) is 4.79 Å². The summed E-state index contributed by atoms with van der Waals surface area (Å²) in [4.78, 5) is 28.8. The first-order valence-electron chi connectivity index (χ1n) is 10.1. The molecule has 0 aromatic heterocycles. The number of anilines is 1. The van der Waals surface area contributed by atoms with Gasteiger partial charge in [-0.25, -0.2) is 4.39 Å². The van der Waals surface area contributed by atoms with Crippen molar-refractivity contribution in [1.29, 1.82) is 0 Å². The number of carbonyl (C=O) groups excluding carboxylic acids is 2. The highest BCUT2D eigenvalue weighted by Gasteiger charge is 2.17. The molecular weight excluding hydrogens is 451 g/mol. The SMILES string of the molecule is O=C(CCNC(=O)c1cc(F)ccc1Br)NCCN1CCN(c2ccccc2)CC1. The molecular formula is C22H26BrFN4O2. The Kier molecular flexibility index (Phi) is 8.21. The summed E-state index contributed by atoms with van der Waals surface area (Å²) in [6.07, 6.45) is 0.181. The van der Waals surface area contributed by atoms with Crippen molar-refractivity contribution >= 4 is 33.4 Å². The van der Waals surface area contributed by atoms with E-state index in [4.69, 9.17) is 0 Å². The van der Waals surface area contributed by atoms with Gasteiger partial charge in [0.25, 0.3) is 5.91 Å². The minimum absolute atomic E-state index is 0.114. The van der Waals surface area contributed by atoms with E-state index in [9.17, 15) is 14.0 Å². The average molecular weight is 477 g/mol. The van der Waals surface area contributed by atoms with Gasteiger partial charge in [0, 0.05) is 62.4 Å². The second-order valence-corrected chi connectivity index (χ2v) is 8.00. The fourth-order valence-corrected chi connectivity index (χ4v) is 3.79. The first-order chi connectivity index (χ1) is 14.5. The van der Waals surface area contributed by atoms with Crippen molar-refractivity contribution in [2.45, 2.75) is 6.42 Å². The van der Waals surface area contributed by atoms with Crippen molar-refractivity contribution in [2.24, 2.45) is 0 Å². The van der Waals surface area contributed by atoms with E-state index in [0.29, 0.717) is 11.0 Å². The van der Waals surface area contributed by atoms with E-state index < -0.39 is 11.7 Å². The molecule has 1 saturated heterocycles. The standard InChI is InChI=1S/C22H26BrFN4O2/c23-20-7-6-17(24)16-19(20)22(30)26-9-8-21(29)25-10-11-27-12-14-28(15-13-27)18-4-2-1-3-5-18/h1-7,16H,8-15H2,(H,25,29)(H,26,30). The van der Waals surface area contributed by atoms with Gasteiger partial charge in [-0.05, 0) is 46.3 Å². The zero-order valence-corrected chi connectivity index (χ0v) is 18.3. The number of nitrogens with zero attached hydrogens (tertiary/aromatic N) is 2. The van der Waals surface area contributed by atoms with Gasteiger partial charge in [-0.2, -0.15) is 0 Å². The zero-order chi connectivity index (χ0) is 21.3. The molecule has 0 bridgehead atoms. The van der Waals surface area contributed by atoms with Crippen molar-refractivity contribution in [2.75, 3.05) is 50.7 Å². The summed E-state index contributed by atoms with van der Waals surface area (Å²) in [5.41, 5.74) is 1.46. The molecule has 0 spiro atoms. The molecule has 0 radical (unpaired) electrons. The fraction of sp³-hybridized carbons (Fsp3) is 0.364. The second kappa shape index (κ2) is 11.1. The second-order valence-electron chi connectivity index (χ2n) is 7.14. The maximum Gasteiger partial charge on any atom is 0.252 e. The molecule has 1 fully saturated rings. The molecule has 1 aliphatic heterocycles. The van der Waals surface area contributed by atoms with Gasteiger partial charge >= 0.3 is 0 Å². The van der Waals surface area contributed by atoms with Crippen LogP contribution >= 0.6 is 15.9 Å². The highest BCUT2D eigenvalue weighted by atomic mass is 79.9. The quantitative estimate of drug-likeness (QED) is 0.614. The predicted octanol–water partition coefficient (Wildman–Crippen LogP) is 2.65. The monoisotopic (exact) mass is 476 g/mol. The van der Waals surface area contributed by atoms with Crippen LogP contribution in [0.5, 0.6) is 0 Å². The lowest BCUT2D eigenvalue weighted by molar-refractivity contribution is -0.121. The van der Waals surface area contributed by atoms with Crippen LogP contribution < -0.4 is 15.5 Å². The fourth-order valence-electron chi connectivity index (χ4n) is 3.37. The van der Waals surface area contributed by atoms with Gasteiger partial charge in [-0.3, -0.25) is 14.5 Å². The van der Waals surface area contributed by atoms with E-state index in [1.807, 2.05) is 6.07 Å². The number of hydrogen-bond acceptors (Lipinski definition) is 4. The third-order valence-electron chi connectivity index (χ3n) is 5.05. The van der Waals surface area contributed by atoms with Crippen LogP contribution in [0, 0.1) is 5.82 Å². The average Bonchev–Trinajstić information content (AvgIpc) is 2.76. The molecule has 160 valence electrons. The van der Waals surface area contributed by atoms with Crippen molar-refractivity contribution < 1.29 is 14.0 Å². The number of benzene rings is 2. The minimum Gasteiger partial charge on any atom is -0.369 e. The van der Waals surface area contributed by atoms with Gasteiger partial charge in [-0.1, -0.05) is 18.2 Å². The number of piperazine rings is 1. The van der Waals surface area contributed by atoms with E-state index in [-0.39, 0.29) is 24.4 Å². The van der Waals surface area contributed by atoms with Gasteiger partial charge in [0.1, 0.15) is 5.82 Å². The topological polar surface area (TPSA) is 64.7 Å². The zero-order valence-electron chi connectivity index (χ0n) is 16.7. The lowest BCUT2D eigenvalue weighted by Gasteiger charge is -2.36. The van der Waals surface area contributed by atoms with Crippen LogP contribution in [0.2, 0.25) is 0 Å². The van der Waals surface area contributed by atoms with Crippen LogP contribution in [0.4, 0.5) is 10.1 Å². The van der Waals surface area contributed by atoms with Crippen LogP contribution in [0.25, 0.3) is 0 Å². The summed E-state index contributed by atoms with van der Waals surface area (Å²) >= 11 is 3.23. The Morgan fingerprint density at radius 2 is 1.70 bits per heavy atom. The van der Waals surface area contributed by atoms with E-state index >= 15 is 0 Å². The van der Waals surface area contributed by atoms with E-state index in [1.165, 1.54) is 17.8 Å². The van der Waals surface area contributed by atoms with Gasteiger partial charge < -0.3 is 15.5 Å². The Bertz CT molecular complexity index is 857. The lowest BCUT2D eigenvalue weighted by atomic mass is 10.2. The van der Waals surface area contributed by atoms with Gasteiger partial charge in [0.2, 0.25) is 5.91 Å². The van der Waals surface area contributed by atoms with Gasteiger partial charge in [0.05, 0.1) is 5.56 Å². The van der Waals surface area contributed by atoms with Crippen LogP contribution in [0.15, 0.2) is 53.0 Å². The Hall–Kier alpha value is -2.45. The summed E-state index contributed by atoms with van der Waals surface area (Å²) in [6, 6.07) is 14.3. The first-order valence-corrected chi connectivity index (χ1v) is 10.8. The summed E-state index contributed by atoms with van der Waals surface area (Å²) in [5, 5.41) is 5.54. The number of halogens is 2. The Morgan fingerprint density at radius 3 is 2.43 bits per heavy atom. The maximum atomic E-state index is 13.3. The van der Waals surface area contributed by atoms with Crippen molar-refractivity contribution in [3.63, 3.8) is 0 Å². The van der Waals surface area contributed by atoms with Crippen molar-refractivity contribution in [3.05, 3.63) is 64.4 Å². The number of amides is 2. The molecule has 6 nitrogen and oxygen atoms in total. The van der Waals surface area contributed by atoms with Crippen LogP contribution in [0.3, 0.4) is 0 Å². The van der Waals surface area contributed by atoms with Crippen molar-refractivity contribution in [3.8, 4) is 0 Å². The normalized spacial score (nSPS) is 14.4. The number of para-hydroxylation sites is 1.